The van der Waals surface area contributed by atoms with Gasteiger partial charge < -0.3 is 9.88 Å². The number of piperidine rings is 1. The Hall–Kier alpha value is -1.68. The molecule has 3 nitrogen and oxygen atoms in total. The van der Waals surface area contributed by atoms with Gasteiger partial charge in [0, 0.05) is 37.3 Å². The highest BCUT2D eigenvalue weighted by Crippen LogP contribution is 2.36. The summed E-state index contributed by atoms with van der Waals surface area (Å²) < 4.78 is 15.1. The average Bonchev–Trinajstić information content (AvgIpc) is 2.86. The maximum Gasteiger partial charge on any atom is 0.123 e. The predicted molar refractivity (Wildman–Crippen MR) is 72.6 cm³/mol. The van der Waals surface area contributed by atoms with E-state index in [1.807, 2.05) is 31.7 Å². The van der Waals surface area contributed by atoms with E-state index in [2.05, 4.69) is 14.9 Å². The Morgan fingerprint density at radius 2 is 2.05 bits per heavy atom. The molecule has 100 valence electrons. The van der Waals surface area contributed by atoms with Crippen LogP contribution >= 0.6 is 0 Å². The molecule has 1 aromatic heterocycles. The van der Waals surface area contributed by atoms with Gasteiger partial charge in [-0.15, -0.1) is 0 Å². The molecule has 0 radical (unpaired) electrons. The van der Waals surface area contributed by atoms with E-state index in [9.17, 15) is 4.39 Å². The van der Waals surface area contributed by atoms with Gasteiger partial charge in [-0.25, -0.2) is 9.37 Å². The fourth-order valence-electron chi connectivity index (χ4n) is 3.00. The zero-order valence-corrected chi connectivity index (χ0v) is 11.0. The number of nitrogens with one attached hydrogen (secondary N) is 1. The number of nitrogens with zero attached hydrogens (tertiary/aromatic N) is 2. The smallest absolute Gasteiger partial charge is 0.123 e. The van der Waals surface area contributed by atoms with Gasteiger partial charge >= 0.3 is 0 Å². The first-order chi connectivity index (χ1) is 9.25. The van der Waals surface area contributed by atoms with Gasteiger partial charge in [-0.05, 0) is 30.7 Å². The van der Waals surface area contributed by atoms with Gasteiger partial charge in [0.1, 0.15) is 5.82 Å². The SMILES string of the molecule is Cn1cncc1C1CCNCC1c1ccc(F)cc1. The number of halogens is 1. The maximum absolute atomic E-state index is 13.1. The Labute approximate surface area is 112 Å². The van der Waals surface area contributed by atoms with Crippen molar-refractivity contribution in [2.45, 2.75) is 18.3 Å². The Kier molecular flexibility index (Phi) is 3.34. The fraction of sp³-hybridized carbons (Fsp3) is 0.400. The van der Waals surface area contributed by atoms with Crippen LogP contribution in [-0.2, 0) is 7.05 Å². The summed E-state index contributed by atoms with van der Waals surface area (Å²) in [5.74, 6) is 0.647. The maximum atomic E-state index is 13.1. The summed E-state index contributed by atoms with van der Waals surface area (Å²) in [6.07, 6.45) is 4.88. The largest absolute Gasteiger partial charge is 0.337 e. The zero-order valence-electron chi connectivity index (χ0n) is 11.0. The molecule has 19 heavy (non-hydrogen) atoms. The van der Waals surface area contributed by atoms with E-state index < -0.39 is 0 Å². The summed E-state index contributed by atoms with van der Waals surface area (Å²) in [5.41, 5.74) is 2.45. The second kappa shape index (κ2) is 5.13. The van der Waals surface area contributed by atoms with Crippen molar-refractivity contribution >= 4 is 0 Å². The second-order valence-electron chi connectivity index (χ2n) is 5.19. The van der Waals surface area contributed by atoms with Crippen molar-refractivity contribution in [3.8, 4) is 0 Å². The molecular formula is C15H18FN3. The van der Waals surface area contributed by atoms with E-state index in [0.717, 1.165) is 19.5 Å². The Morgan fingerprint density at radius 3 is 2.74 bits per heavy atom. The van der Waals surface area contributed by atoms with Crippen molar-refractivity contribution in [1.29, 1.82) is 0 Å². The van der Waals surface area contributed by atoms with Crippen molar-refractivity contribution in [3.63, 3.8) is 0 Å². The number of hydrogen-bond donors (Lipinski definition) is 1. The molecule has 0 bridgehead atoms. The summed E-state index contributed by atoms with van der Waals surface area (Å²) in [7, 11) is 2.03. The van der Waals surface area contributed by atoms with Gasteiger partial charge in [0.25, 0.3) is 0 Å². The van der Waals surface area contributed by atoms with Crippen LogP contribution in [-0.4, -0.2) is 22.6 Å². The quantitative estimate of drug-likeness (QED) is 0.897. The molecule has 3 rings (SSSR count). The molecule has 1 aromatic carbocycles. The Bertz CT molecular complexity index is 547. The van der Waals surface area contributed by atoms with E-state index >= 15 is 0 Å². The van der Waals surface area contributed by atoms with Crippen LogP contribution < -0.4 is 5.32 Å². The minimum atomic E-state index is -0.176. The Morgan fingerprint density at radius 1 is 1.26 bits per heavy atom. The van der Waals surface area contributed by atoms with Crippen LogP contribution in [0.2, 0.25) is 0 Å². The third-order valence-corrected chi connectivity index (χ3v) is 4.01. The van der Waals surface area contributed by atoms with Crippen LogP contribution in [0.3, 0.4) is 0 Å². The van der Waals surface area contributed by atoms with Crippen molar-refractivity contribution < 1.29 is 4.39 Å². The molecule has 0 saturated carbocycles. The lowest BCUT2D eigenvalue weighted by Gasteiger charge is -2.32. The van der Waals surface area contributed by atoms with Crippen molar-refractivity contribution in [3.05, 3.63) is 53.9 Å². The highest BCUT2D eigenvalue weighted by molar-refractivity contribution is 5.27. The number of rotatable bonds is 2. The standard InChI is InChI=1S/C15H18FN3/c1-19-10-18-9-15(19)13-6-7-17-8-14(13)11-2-4-12(16)5-3-11/h2-5,9-10,13-14,17H,6-8H2,1H3. The van der Waals surface area contributed by atoms with E-state index in [4.69, 9.17) is 0 Å². The van der Waals surface area contributed by atoms with Crippen molar-refractivity contribution in [2.75, 3.05) is 13.1 Å². The normalized spacial score (nSPS) is 23.5. The second-order valence-corrected chi connectivity index (χ2v) is 5.19. The number of aromatic nitrogens is 2. The molecule has 1 aliphatic rings. The highest BCUT2D eigenvalue weighted by atomic mass is 19.1. The zero-order chi connectivity index (χ0) is 13.2. The number of imidazole rings is 1. The molecule has 1 N–H and O–H groups in total. The van der Waals surface area contributed by atoms with Gasteiger partial charge in [0.2, 0.25) is 0 Å². The predicted octanol–water partition coefficient (Wildman–Crippen LogP) is 2.42. The number of aryl methyl sites for hydroxylation is 1. The van der Waals surface area contributed by atoms with E-state index in [0.29, 0.717) is 11.8 Å². The lowest BCUT2D eigenvalue weighted by atomic mass is 9.79. The molecule has 2 unspecified atom stereocenters. The van der Waals surface area contributed by atoms with Gasteiger partial charge in [-0.1, -0.05) is 12.1 Å². The average molecular weight is 259 g/mol. The van der Waals surface area contributed by atoms with Gasteiger partial charge in [-0.2, -0.15) is 0 Å². The van der Waals surface area contributed by atoms with Crippen LogP contribution in [0, 0.1) is 5.82 Å². The van der Waals surface area contributed by atoms with Crippen LogP contribution in [0.1, 0.15) is 29.5 Å². The summed E-state index contributed by atoms with van der Waals surface area (Å²) in [6.45, 7) is 1.95. The van der Waals surface area contributed by atoms with Gasteiger partial charge in [0.05, 0.1) is 6.33 Å². The molecule has 0 spiro atoms. The van der Waals surface area contributed by atoms with Crippen LogP contribution in [0.15, 0.2) is 36.8 Å². The van der Waals surface area contributed by atoms with E-state index in [1.54, 1.807) is 12.1 Å². The molecule has 4 heteroatoms. The molecule has 0 amide bonds. The fourth-order valence-corrected chi connectivity index (χ4v) is 3.00. The molecule has 2 heterocycles. The third kappa shape index (κ3) is 2.40. The minimum absolute atomic E-state index is 0.176. The van der Waals surface area contributed by atoms with Crippen LogP contribution in [0.25, 0.3) is 0 Å². The molecule has 1 aliphatic heterocycles. The topological polar surface area (TPSA) is 29.9 Å². The summed E-state index contributed by atoms with van der Waals surface area (Å²) in [4.78, 5) is 4.22. The van der Waals surface area contributed by atoms with E-state index in [-0.39, 0.29) is 5.82 Å². The molecule has 1 saturated heterocycles. The first kappa shape index (κ1) is 12.4. The summed E-state index contributed by atoms with van der Waals surface area (Å²) in [6, 6.07) is 6.89. The Balaban J connectivity index is 1.93. The molecule has 2 aromatic rings. The van der Waals surface area contributed by atoms with Crippen molar-refractivity contribution in [2.24, 2.45) is 7.05 Å². The van der Waals surface area contributed by atoms with Gasteiger partial charge in [0.15, 0.2) is 0 Å². The summed E-state index contributed by atoms with van der Waals surface area (Å²) >= 11 is 0. The first-order valence-corrected chi connectivity index (χ1v) is 6.68. The third-order valence-electron chi connectivity index (χ3n) is 4.01. The minimum Gasteiger partial charge on any atom is -0.337 e. The van der Waals surface area contributed by atoms with Crippen LogP contribution in [0.5, 0.6) is 0 Å². The molecular weight excluding hydrogens is 241 g/mol. The molecule has 0 aliphatic carbocycles. The molecule has 2 atom stereocenters. The molecule has 1 fully saturated rings. The van der Waals surface area contributed by atoms with E-state index in [1.165, 1.54) is 11.3 Å². The highest BCUT2D eigenvalue weighted by Gasteiger charge is 2.29. The van der Waals surface area contributed by atoms with Crippen LogP contribution in [0.4, 0.5) is 4.39 Å². The van der Waals surface area contributed by atoms with Gasteiger partial charge in [-0.3, -0.25) is 0 Å². The first-order valence-electron chi connectivity index (χ1n) is 6.68. The summed E-state index contributed by atoms with van der Waals surface area (Å²) in [5, 5.41) is 3.44. The van der Waals surface area contributed by atoms with Crippen molar-refractivity contribution in [1.82, 2.24) is 14.9 Å². The lowest BCUT2D eigenvalue weighted by Crippen LogP contribution is -2.34. The monoisotopic (exact) mass is 259 g/mol. The lowest BCUT2D eigenvalue weighted by molar-refractivity contribution is 0.391. The number of benzene rings is 1. The number of hydrogen-bond acceptors (Lipinski definition) is 2.